The number of nitrogens with zero attached hydrogens (tertiary/aromatic N) is 1. The lowest BCUT2D eigenvalue weighted by Gasteiger charge is -2.13. The summed E-state index contributed by atoms with van der Waals surface area (Å²) in [7, 11) is 3.75. The van der Waals surface area contributed by atoms with Crippen molar-refractivity contribution in [3.63, 3.8) is 0 Å². The summed E-state index contributed by atoms with van der Waals surface area (Å²) in [6.45, 7) is 3.71. The third-order valence-corrected chi connectivity index (χ3v) is 2.45. The van der Waals surface area contributed by atoms with Gasteiger partial charge in [0.05, 0.1) is 0 Å². The van der Waals surface area contributed by atoms with Crippen LogP contribution in [0, 0.1) is 0 Å². The molecule has 0 aliphatic carbocycles. The van der Waals surface area contributed by atoms with Crippen LogP contribution in [-0.2, 0) is 6.54 Å². The van der Waals surface area contributed by atoms with Crippen LogP contribution < -0.4 is 5.32 Å². The highest BCUT2D eigenvalue weighted by molar-refractivity contribution is 5.14. The first-order chi connectivity index (χ1) is 7.36. The molecule has 1 aliphatic heterocycles. The smallest absolute Gasteiger partial charge is 0.0233 e. The van der Waals surface area contributed by atoms with E-state index in [2.05, 4.69) is 40.5 Å². The maximum Gasteiger partial charge on any atom is 0.0233 e. The van der Waals surface area contributed by atoms with Crippen molar-refractivity contribution in [3.8, 4) is 0 Å². The van der Waals surface area contributed by atoms with Crippen LogP contribution in [0.3, 0.4) is 0 Å². The number of rotatable bonds is 2. The Morgan fingerprint density at radius 1 is 1.07 bits per heavy atom. The first-order valence-corrected chi connectivity index (χ1v) is 5.71. The molecule has 0 saturated carbocycles. The van der Waals surface area contributed by atoms with Gasteiger partial charge in [-0.3, -0.25) is 4.90 Å². The summed E-state index contributed by atoms with van der Waals surface area (Å²) in [4.78, 5) is 2.52. The van der Waals surface area contributed by atoms with Gasteiger partial charge < -0.3 is 5.32 Å². The molecule has 0 bridgehead atoms. The Kier molecular flexibility index (Phi) is 6.05. The van der Waals surface area contributed by atoms with Gasteiger partial charge in [0.15, 0.2) is 0 Å². The molecule has 0 atom stereocenters. The van der Waals surface area contributed by atoms with E-state index in [1.807, 2.05) is 14.1 Å². The van der Waals surface area contributed by atoms with Crippen LogP contribution in [-0.4, -0.2) is 32.1 Å². The van der Waals surface area contributed by atoms with Crippen LogP contribution in [0.25, 0.3) is 0 Å². The van der Waals surface area contributed by atoms with Gasteiger partial charge >= 0.3 is 0 Å². The molecule has 2 nitrogen and oxygen atoms in total. The first-order valence-electron chi connectivity index (χ1n) is 5.71. The molecule has 1 fully saturated rings. The van der Waals surface area contributed by atoms with Gasteiger partial charge in [-0.1, -0.05) is 30.3 Å². The largest absolute Gasteiger partial charge is 0.323 e. The Bertz CT molecular complexity index is 240. The summed E-state index contributed by atoms with van der Waals surface area (Å²) in [6, 6.07) is 10.7. The Morgan fingerprint density at radius 2 is 1.60 bits per heavy atom. The minimum absolute atomic E-state index is 1.14. The number of likely N-dealkylation sites (tertiary alicyclic amines) is 1. The van der Waals surface area contributed by atoms with Crippen molar-refractivity contribution in [3.05, 3.63) is 35.9 Å². The standard InChI is InChI=1S/C11H15N.C2H7N/c1-2-6-11(7-3-1)10-12-8-4-5-9-12;1-3-2/h1-3,6-7H,4-5,8-10H2;3H,1-2H3. The zero-order valence-corrected chi connectivity index (χ0v) is 9.87. The second kappa shape index (κ2) is 7.43. The molecular weight excluding hydrogens is 184 g/mol. The van der Waals surface area contributed by atoms with Gasteiger partial charge in [-0.05, 0) is 45.6 Å². The van der Waals surface area contributed by atoms with Gasteiger partial charge in [0.25, 0.3) is 0 Å². The topological polar surface area (TPSA) is 15.3 Å². The van der Waals surface area contributed by atoms with Gasteiger partial charge in [-0.25, -0.2) is 0 Å². The predicted octanol–water partition coefficient (Wildman–Crippen LogP) is 2.12. The number of hydrogen-bond donors (Lipinski definition) is 1. The second-order valence-corrected chi connectivity index (χ2v) is 3.97. The Morgan fingerprint density at radius 3 is 2.13 bits per heavy atom. The van der Waals surface area contributed by atoms with Crippen molar-refractivity contribution < 1.29 is 0 Å². The average molecular weight is 206 g/mol. The van der Waals surface area contributed by atoms with E-state index >= 15 is 0 Å². The minimum Gasteiger partial charge on any atom is -0.323 e. The summed E-state index contributed by atoms with van der Waals surface area (Å²) in [6.07, 6.45) is 2.76. The van der Waals surface area contributed by atoms with Crippen molar-refractivity contribution >= 4 is 0 Å². The van der Waals surface area contributed by atoms with E-state index in [-0.39, 0.29) is 0 Å². The third kappa shape index (κ3) is 4.96. The van der Waals surface area contributed by atoms with Gasteiger partial charge in [-0.15, -0.1) is 0 Å². The summed E-state index contributed by atoms with van der Waals surface area (Å²) in [5.74, 6) is 0. The monoisotopic (exact) mass is 206 g/mol. The molecule has 84 valence electrons. The van der Waals surface area contributed by atoms with E-state index in [0.717, 1.165) is 6.54 Å². The molecule has 1 N–H and O–H groups in total. The van der Waals surface area contributed by atoms with Crippen molar-refractivity contribution in [1.29, 1.82) is 0 Å². The molecule has 1 saturated heterocycles. The molecule has 1 aliphatic rings. The van der Waals surface area contributed by atoms with Crippen molar-refractivity contribution in [2.24, 2.45) is 0 Å². The molecule has 0 amide bonds. The molecule has 15 heavy (non-hydrogen) atoms. The third-order valence-electron chi connectivity index (χ3n) is 2.45. The van der Waals surface area contributed by atoms with Crippen LogP contribution in [0.15, 0.2) is 30.3 Å². The highest BCUT2D eigenvalue weighted by Gasteiger charge is 2.10. The maximum atomic E-state index is 2.75. The molecule has 1 aromatic carbocycles. The molecule has 1 aromatic rings. The minimum atomic E-state index is 1.14. The van der Waals surface area contributed by atoms with Crippen LogP contribution in [0.1, 0.15) is 18.4 Å². The number of hydrogen-bond acceptors (Lipinski definition) is 2. The normalized spacial score (nSPS) is 15.9. The van der Waals surface area contributed by atoms with Gasteiger partial charge in [0.1, 0.15) is 0 Å². The van der Waals surface area contributed by atoms with Crippen molar-refractivity contribution in [2.45, 2.75) is 19.4 Å². The number of nitrogens with one attached hydrogen (secondary N) is 1. The van der Waals surface area contributed by atoms with Crippen molar-refractivity contribution in [1.82, 2.24) is 10.2 Å². The van der Waals surface area contributed by atoms with E-state index in [1.54, 1.807) is 0 Å². The van der Waals surface area contributed by atoms with Crippen LogP contribution in [0.2, 0.25) is 0 Å². The SMILES string of the molecule is CNC.c1ccc(CN2CCCC2)cc1. The fourth-order valence-electron chi connectivity index (χ4n) is 1.78. The summed E-state index contributed by atoms with van der Waals surface area (Å²) in [5.41, 5.74) is 1.44. The molecule has 0 radical (unpaired) electrons. The molecule has 0 aromatic heterocycles. The van der Waals surface area contributed by atoms with E-state index in [1.165, 1.54) is 31.5 Å². The fraction of sp³-hybridized carbons (Fsp3) is 0.538. The molecule has 2 heteroatoms. The lowest BCUT2D eigenvalue weighted by atomic mass is 10.2. The fourth-order valence-corrected chi connectivity index (χ4v) is 1.78. The molecule has 2 rings (SSSR count). The predicted molar refractivity (Wildman–Crippen MR) is 65.9 cm³/mol. The summed E-state index contributed by atoms with van der Waals surface area (Å²) < 4.78 is 0. The lowest BCUT2D eigenvalue weighted by Crippen LogP contribution is -2.18. The second-order valence-electron chi connectivity index (χ2n) is 3.97. The quantitative estimate of drug-likeness (QED) is 0.797. The van der Waals surface area contributed by atoms with Gasteiger partial charge in [-0.2, -0.15) is 0 Å². The van der Waals surface area contributed by atoms with E-state index in [0.29, 0.717) is 0 Å². The van der Waals surface area contributed by atoms with Crippen LogP contribution >= 0.6 is 0 Å². The first kappa shape index (κ1) is 12.2. The summed E-state index contributed by atoms with van der Waals surface area (Å²) >= 11 is 0. The Balaban J connectivity index is 0.000000337. The van der Waals surface area contributed by atoms with Crippen molar-refractivity contribution in [2.75, 3.05) is 27.2 Å². The molecule has 0 spiro atoms. The number of benzene rings is 1. The van der Waals surface area contributed by atoms with Crippen LogP contribution in [0.5, 0.6) is 0 Å². The highest BCUT2D eigenvalue weighted by atomic mass is 15.1. The molecule has 0 unspecified atom stereocenters. The van der Waals surface area contributed by atoms with Crippen LogP contribution in [0.4, 0.5) is 0 Å². The molecule has 1 heterocycles. The zero-order chi connectivity index (χ0) is 10.9. The highest BCUT2D eigenvalue weighted by Crippen LogP contribution is 2.11. The average Bonchev–Trinajstić information content (AvgIpc) is 2.73. The summed E-state index contributed by atoms with van der Waals surface area (Å²) in [5, 5.41) is 2.75. The zero-order valence-electron chi connectivity index (χ0n) is 9.87. The lowest BCUT2D eigenvalue weighted by molar-refractivity contribution is 0.331. The Hall–Kier alpha value is -0.860. The Labute approximate surface area is 93.3 Å². The molecular formula is C13H22N2. The van der Waals surface area contributed by atoms with Gasteiger partial charge in [0, 0.05) is 6.54 Å². The van der Waals surface area contributed by atoms with E-state index < -0.39 is 0 Å². The van der Waals surface area contributed by atoms with Gasteiger partial charge in [0.2, 0.25) is 0 Å². The van der Waals surface area contributed by atoms with E-state index in [4.69, 9.17) is 0 Å². The maximum absolute atomic E-state index is 2.75. The van der Waals surface area contributed by atoms with E-state index in [9.17, 15) is 0 Å².